The Balaban J connectivity index is 3.20. The molecule has 0 heterocycles. The normalized spacial score (nSPS) is 15.8. The summed E-state index contributed by atoms with van der Waals surface area (Å²) in [6.07, 6.45) is 0. The van der Waals surface area contributed by atoms with Crippen LogP contribution in [0.5, 0.6) is 0 Å². The molecule has 50 valence electrons. The van der Waals surface area contributed by atoms with Crippen LogP contribution in [0.25, 0.3) is 0 Å². The summed E-state index contributed by atoms with van der Waals surface area (Å²) in [6.45, 7) is 0. The van der Waals surface area contributed by atoms with E-state index in [1.54, 1.807) is 0 Å². The Bertz CT molecular complexity index is 102. The average Bonchev–Trinajstić information content (AvgIpc) is 1.66. The molecule has 8 heavy (non-hydrogen) atoms. The van der Waals surface area contributed by atoms with Crippen LogP contribution in [-0.4, -0.2) is 14.0 Å². The molecule has 0 saturated heterocycles. The maximum atomic E-state index is 9.79. The molecule has 0 aliphatic rings. The summed E-state index contributed by atoms with van der Waals surface area (Å²) in [7, 11) is -1.84. The SMILES string of the molecule is O=S(O)I=NSOO. The number of rotatable bonds is 3. The Morgan fingerprint density at radius 2 is 2.50 bits per heavy atom. The second kappa shape index (κ2) is 6.04. The third-order valence-corrected chi connectivity index (χ3v) is 3.56. The van der Waals surface area contributed by atoms with Crippen LogP contribution in [-0.2, 0) is 12.6 Å². The first kappa shape index (κ1) is 8.91. The number of hydrogen-bond acceptors (Lipinski definition) is 5. The molecule has 0 aromatic carbocycles. The van der Waals surface area contributed by atoms with Gasteiger partial charge in [-0.2, -0.15) is 0 Å². The maximum absolute atomic E-state index is 9.79. The molecule has 0 aliphatic carbocycles. The van der Waals surface area contributed by atoms with Crippen LogP contribution >= 0.6 is 31.9 Å². The molecule has 0 fully saturated rings. The number of halogens is 1. The fraction of sp³-hybridized carbons (Fsp3) is 0. The lowest BCUT2D eigenvalue weighted by Crippen LogP contribution is -1.64. The van der Waals surface area contributed by atoms with Crippen LogP contribution in [0.3, 0.4) is 0 Å². The molecule has 8 heteroatoms. The Morgan fingerprint density at radius 1 is 1.88 bits per heavy atom. The van der Waals surface area contributed by atoms with E-state index in [4.69, 9.17) is 9.81 Å². The van der Waals surface area contributed by atoms with E-state index in [9.17, 15) is 4.21 Å². The molecule has 0 amide bonds. The topological polar surface area (TPSA) is 79.1 Å². The van der Waals surface area contributed by atoms with Crippen molar-refractivity contribution >= 4 is 40.1 Å². The van der Waals surface area contributed by atoms with Crippen molar-refractivity contribution < 1.29 is 18.4 Å². The highest BCUT2D eigenvalue weighted by molar-refractivity contribution is 14.2. The molecule has 5 nitrogen and oxygen atoms in total. The van der Waals surface area contributed by atoms with Crippen LogP contribution in [0.15, 0.2) is 2.55 Å². The highest BCUT2D eigenvalue weighted by Crippen LogP contribution is 2.13. The maximum Gasteiger partial charge on any atom is 0.230 e. The minimum Gasteiger partial charge on any atom is -0.297 e. The van der Waals surface area contributed by atoms with E-state index >= 15 is 0 Å². The van der Waals surface area contributed by atoms with Gasteiger partial charge < -0.3 is 0 Å². The van der Waals surface area contributed by atoms with Gasteiger partial charge in [0.1, 0.15) is 19.6 Å². The monoisotopic (exact) mass is 271 g/mol. The largest absolute Gasteiger partial charge is 0.297 e. The Labute approximate surface area is 61.0 Å². The minimum absolute atomic E-state index is 0.413. The average molecular weight is 271 g/mol. The molecule has 1 atom stereocenters. The minimum atomic E-state index is -1.84. The van der Waals surface area contributed by atoms with Gasteiger partial charge in [-0.25, -0.2) is 9.47 Å². The lowest BCUT2D eigenvalue weighted by atomic mass is 13.9. The molecule has 0 bridgehead atoms. The van der Waals surface area contributed by atoms with Crippen molar-refractivity contribution in [3.63, 3.8) is 0 Å². The summed E-state index contributed by atoms with van der Waals surface area (Å²) in [4.78, 5) is 0. The summed E-state index contributed by atoms with van der Waals surface area (Å²) >= 11 is -0.698. The molecule has 0 radical (unpaired) electrons. The van der Waals surface area contributed by atoms with Gasteiger partial charge in [-0.3, -0.25) is 4.55 Å². The third kappa shape index (κ3) is 6.91. The molecule has 0 rings (SSSR count). The van der Waals surface area contributed by atoms with Gasteiger partial charge in [0.25, 0.3) is 0 Å². The quantitative estimate of drug-likeness (QED) is 0.154. The Hall–Kier alpha value is 0.910. The Kier molecular flexibility index (Phi) is 6.72. The Morgan fingerprint density at radius 3 is 2.88 bits per heavy atom. The first-order chi connectivity index (χ1) is 3.77. The van der Waals surface area contributed by atoms with E-state index in [0.717, 1.165) is 0 Å². The van der Waals surface area contributed by atoms with Gasteiger partial charge in [0.15, 0.2) is 12.2 Å². The predicted molar refractivity (Wildman–Crippen MR) is 38.5 cm³/mol. The molecule has 1 unspecified atom stereocenters. The van der Waals surface area contributed by atoms with Gasteiger partial charge in [-0.1, -0.05) is 0 Å². The summed E-state index contributed by atoms with van der Waals surface area (Å²) in [5.41, 5.74) is 0. The van der Waals surface area contributed by atoms with Gasteiger partial charge in [-0.15, -0.1) is 6.88 Å². The van der Waals surface area contributed by atoms with Crippen molar-refractivity contribution in [1.82, 2.24) is 0 Å². The van der Waals surface area contributed by atoms with Crippen LogP contribution < -0.4 is 0 Å². The smallest absolute Gasteiger partial charge is 0.230 e. The van der Waals surface area contributed by atoms with Crippen molar-refractivity contribution in [1.29, 1.82) is 0 Å². The summed E-state index contributed by atoms with van der Waals surface area (Å²) in [5, 5.41) is 7.59. The van der Waals surface area contributed by atoms with E-state index in [1.165, 1.54) is 0 Å². The molecular weight excluding hydrogens is 269 g/mol. The van der Waals surface area contributed by atoms with Gasteiger partial charge in [0, 0.05) is 0 Å². The van der Waals surface area contributed by atoms with E-state index in [0.29, 0.717) is 12.2 Å². The highest BCUT2D eigenvalue weighted by Gasteiger charge is 1.83. The zero-order valence-corrected chi connectivity index (χ0v) is 7.14. The molecule has 0 spiro atoms. The van der Waals surface area contributed by atoms with E-state index in [2.05, 4.69) is 6.88 Å². The van der Waals surface area contributed by atoms with Crippen LogP contribution in [0, 0.1) is 0 Å². The second-order valence-electron chi connectivity index (χ2n) is 0.494. The van der Waals surface area contributed by atoms with Crippen LogP contribution in [0.2, 0.25) is 0 Å². The molecule has 0 aromatic rings. The lowest BCUT2D eigenvalue weighted by Gasteiger charge is -1.77. The van der Waals surface area contributed by atoms with Crippen molar-refractivity contribution in [2.75, 3.05) is 0 Å². The van der Waals surface area contributed by atoms with Crippen molar-refractivity contribution in [3.8, 4) is 0 Å². The number of hydrogen-bond donors (Lipinski definition) is 2. The zero-order valence-electron chi connectivity index (χ0n) is 3.35. The first-order valence-electron chi connectivity index (χ1n) is 1.20. The zero-order chi connectivity index (χ0) is 6.41. The van der Waals surface area contributed by atoms with Crippen molar-refractivity contribution in [2.24, 2.45) is 2.55 Å². The van der Waals surface area contributed by atoms with Gasteiger partial charge in [0.2, 0.25) is 8.25 Å². The van der Waals surface area contributed by atoms with Gasteiger partial charge >= 0.3 is 0 Å². The highest BCUT2D eigenvalue weighted by atomic mass is 127. The van der Waals surface area contributed by atoms with Gasteiger partial charge in [-0.05, 0) is 0 Å². The third-order valence-electron chi connectivity index (χ3n) is 0.149. The molecule has 0 aliphatic heterocycles. The van der Waals surface area contributed by atoms with Gasteiger partial charge in [0.05, 0.1) is 0 Å². The van der Waals surface area contributed by atoms with E-state index in [1.807, 2.05) is 0 Å². The fourth-order valence-electron chi connectivity index (χ4n) is 0.0482. The van der Waals surface area contributed by atoms with Crippen molar-refractivity contribution in [3.05, 3.63) is 0 Å². The summed E-state index contributed by atoms with van der Waals surface area (Å²) in [6, 6.07) is 0. The first-order valence-corrected chi connectivity index (χ1v) is 6.52. The lowest BCUT2D eigenvalue weighted by molar-refractivity contribution is -0.116. The second-order valence-corrected chi connectivity index (χ2v) is 6.10. The fourth-order valence-corrected chi connectivity index (χ4v) is 2.40. The molecule has 0 aromatic heterocycles. The summed E-state index contributed by atoms with van der Waals surface area (Å²) in [5.74, 6) is 0. The van der Waals surface area contributed by atoms with Crippen molar-refractivity contribution in [2.45, 2.75) is 0 Å². The predicted octanol–water partition coefficient (Wildman–Crippen LogP) is 1.33. The molecular formula is H2INO4S2. The summed E-state index contributed by atoms with van der Waals surface area (Å²) < 4.78 is 24.6. The standard InChI is InChI=1S/H2INO4S2/c3-6-7-2-1-8(4)5/h3H,(H,4,5). The van der Waals surface area contributed by atoms with E-state index < -0.39 is 27.9 Å². The molecule has 0 saturated carbocycles. The van der Waals surface area contributed by atoms with Crippen LogP contribution in [0.4, 0.5) is 0 Å². The van der Waals surface area contributed by atoms with Crippen LogP contribution in [0.1, 0.15) is 0 Å². The molecule has 2 N–H and O–H groups in total. The number of nitrogens with zero attached hydrogens (tertiary/aromatic N) is 1. The van der Waals surface area contributed by atoms with E-state index in [-0.39, 0.29) is 0 Å².